The van der Waals surface area contributed by atoms with Gasteiger partial charge in [0.15, 0.2) is 0 Å². The van der Waals surface area contributed by atoms with Crippen molar-refractivity contribution in [1.29, 1.82) is 0 Å². The fourth-order valence-electron chi connectivity index (χ4n) is 2.06. The Bertz CT molecular complexity index is 568. The molecule has 0 radical (unpaired) electrons. The summed E-state index contributed by atoms with van der Waals surface area (Å²) in [5.74, 6) is 0. The summed E-state index contributed by atoms with van der Waals surface area (Å²) in [5.41, 5.74) is 1.73. The van der Waals surface area contributed by atoms with Gasteiger partial charge in [0.05, 0.1) is 16.9 Å². The monoisotopic (exact) mass is 342 g/mol. The molecule has 5 heteroatoms. The first-order valence-electron chi connectivity index (χ1n) is 6.14. The van der Waals surface area contributed by atoms with Crippen LogP contribution in [-0.4, -0.2) is 14.9 Å². The standard InChI is InChI=1S/C14H16BrClN2O/c1-9(2)18-14(12(16)8-17-18)13(19)7-10-4-3-5-11(15)6-10/h3-6,8-9,13,19H,7H2,1-2H3. The zero-order valence-electron chi connectivity index (χ0n) is 10.8. The Kier molecular flexibility index (Phi) is 4.66. The lowest BCUT2D eigenvalue weighted by Crippen LogP contribution is -2.13. The number of halogens is 2. The SMILES string of the molecule is CC(C)n1ncc(Cl)c1C(O)Cc1cccc(Br)c1. The molecule has 0 spiro atoms. The van der Waals surface area contributed by atoms with Gasteiger partial charge in [-0.1, -0.05) is 39.7 Å². The molecular formula is C14H16BrClN2O. The molecule has 0 aliphatic carbocycles. The second kappa shape index (κ2) is 6.07. The maximum atomic E-state index is 10.4. The second-order valence-electron chi connectivity index (χ2n) is 4.77. The van der Waals surface area contributed by atoms with Gasteiger partial charge in [-0.2, -0.15) is 5.10 Å². The molecular weight excluding hydrogens is 328 g/mol. The fraction of sp³-hybridized carbons (Fsp3) is 0.357. The van der Waals surface area contributed by atoms with Gasteiger partial charge in [0, 0.05) is 16.9 Å². The van der Waals surface area contributed by atoms with E-state index in [2.05, 4.69) is 21.0 Å². The molecule has 19 heavy (non-hydrogen) atoms. The van der Waals surface area contributed by atoms with Crippen molar-refractivity contribution in [3.05, 3.63) is 51.2 Å². The zero-order chi connectivity index (χ0) is 14.0. The average Bonchev–Trinajstić information content (AvgIpc) is 2.71. The van der Waals surface area contributed by atoms with Crippen molar-refractivity contribution in [3.63, 3.8) is 0 Å². The first-order chi connectivity index (χ1) is 8.99. The van der Waals surface area contributed by atoms with Crippen molar-refractivity contribution in [2.75, 3.05) is 0 Å². The molecule has 0 amide bonds. The number of nitrogens with zero attached hydrogens (tertiary/aromatic N) is 2. The van der Waals surface area contributed by atoms with Crippen molar-refractivity contribution in [2.45, 2.75) is 32.4 Å². The summed E-state index contributed by atoms with van der Waals surface area (Å²) in [7, 11) is 0. The maximum absolute atomic E-state index is 10.4. The first-order valence-corrected chi connectivity index (χ1v) is 7.31. The number of aliphatic hydroxyl groups is 1. The van der Waals surface area contributed by atoms with E-state index in [-0.39, 0.29) is 6.04 Å². The largest absolute Gasteiger partial charge is 0.386 e. The van der Waals surface area contributed by atoms with Crippen LogP contribution in [0.25, 0.3) is 0 Å². The van der Waals surface area contributed by atoms with Crippen molar-refractivity contribution in [3.8, 4) is 0 Å². The van der Waals surface area contributed by atoms with Crippen LogP contribution in [0.3, 0.4) is 0 Å². The molecule has 1 unspecified atom stereocenters. The van der Waals surface area contributed by atoms with Crippen molar-refractivity contribution < 1.29 is 5.11 Å². The van der Waals surface area contributed by atoms with E-state index < -0.39 is 6.10 Å². The summed E-state index contributed by atoms with van der Waals surface area (Å²) in [6, 6.07) is 8.06. The Balaban J connectivity index is 2.25. The molecule has 3 nitrogen and oxygen atoms in total. The van der Waals surface area contributed by atoms with Gasteiger partial charge in [0.1, 0.15) is 6.10 Å². The minimum Gasteiger partial charge on any atom is -0.386 e. The lowest BCUT2D eigenvalue weighted by atomic mass is 10.1. The highest BCUT2D eigenvalue weighted by Crippen LogP contribution is 2.28. The van der Waals surface area contributed by atoms with Crippen LogP contribution in [0.15, 0.2) is 34.9 Å². The maximum Gasteiger partial charge on any atom is 0.101 e. The smallest absolute Gasteiger partial charge is 0.101 e. The summed E-state index contributed by atoms with van der Waals surface area (Å²) in [6.07, 6.45) is 1.44. The van der Waals surface area contributed by atoms with Gasteiger partial charge in [0.2, 0.25) is 0 Å². The highest BCUT2D eigenvalue weighted by molar-refractivity contribution is 9.10. The Morgan fingerprint density at radius 1 is 1.42 bits per heavy atom. The normalized spacial score (nSPS) is 12.9. The number of hydrogen-bond acceptors (Lipinski definition) is 2. The molecule has 1 aromatic heterocycles. The Hall–Kier alpha value is -0.840. The molecule has 0 saturated heterocycles. The third kappa shape index (κ3) is 3.38. The molecule has 1 N–H and O–H groups in total. The van der Waals surface area contributed by atoms with E-state index in [0.29, 0.717) is 17.1 Å². The van der Waals surface area contributed by atoms with Crippen molar-refractivity contribution in [2.24, 2.45) is 0 Å². The van der Waals surface area contributed by atoms with Crippen LogP contribution in [0, 0.1) is 0 Å². The molecule has 1 heterocycles. The quantitative estimate of drug-likeness (QED) is 0.905. The average molecular weight is 344 g/mol. The topological polar surface area (TPSA) is 38.0 Å². The summed E-state index contributed by atoms with van der Waals surface area (Å²) in [4.78, 5) is 0. The van der Waals surface area contributed by atoms with E-state index in [9.17, 15) is 5.11 Å². The highest BCUT2D eigenvalue weighted by atomic mass is 79.9. The number of aromatic nitrogens is 2. The minimum absolute atomic E-state index is 0.166. The third-order valence-electron chi connectivity index (χ3n) is 2.91. The van der Waals surface area contributed by atoms with Gasteiger partial charge in [-0.25, -0.2) is 0 Å². The summed E-state index contributed by atoms with van der Waals surface area (Å²) >= 11 is 9.56. The lowest BCUT2D eigenvalue weighted by molar-refractivity contribution is 0.165. The van der Waals surface area contributed by atoms with Crippen LogP contribution in [-0.2, 0) is 6.42 Å². The molecule has 102 valence electrons. The van der Waals surface area contributed by atoms with Crippen LogP contribution in [0.4, 0.5) is 0 Å². The van der Waals surface area contributed by atoms with Crippen LogP contribution in [0.2, 0.25) is 5.02 Å². The fourth-order valence-corrected chi connectivity index (χ4v) is 2.76. The molecule has 0 bridgehead atoms. The molecule has 1 aromatic carbocycles. The van der Waals surface area contributed by atoms with Gasteiger partial charge in [-0.3, -0.25) is 4.68 Å². The van der Waals surface area contributed by atoms with Gasteiger partial charge in [-0.15, -0.1) is 0 Å². The second-order valence-corrected chi connectivity index (χ2v) is 6.09. The Morgan fingerprint density at radius 3 is 2.79 bits per heavy atom. The number of aliphatic hydroxyl groups excluding tert-OH is 1. The lowest BCUT2D eigenvalue weighted by Gasteiger charge is -2.16. The minimum atomic E-state index is -0.660. The van der Waals surface area contributed by atoms with Crippen LogP contribution in [0.5, 0.6) is 0 Å². The molecule has 0 aliphatic rings. The van der Waals surface area contributed by atoms with Crippen LogP contribution in [0.1, 0.15) is 37.3 Å². The Morgan fingerprint density at radius 2 is 2.16 bits per heavy atom. The summed E-state index contributed by atoms with van der Waals surface area (Å²) in [5, 5.41) is 15.1. The van der Waals surface area contributed by atoms with Gasteiger partial charge >= 0.3 is 0 Å². The Labute approximate surface area is 126 Å². The van der Waals surface area contributed by atoms with E-state index in [4.69, 9.17) is 11.6 Å². The summed E-state index contributed by atoms with van der Waals surface area (Å²) in [6.45, 7) is 4.03. The molecule has 1 atom stereocenters. The number of benzene rings is 1. The van der Waals surface area contributed by atoms with Crippen molar-refractivity contribution >= 4 is 27.5 Å². The van der Waals surface area contributed by atoms with Gasteiger partial charge in [0.25, 0.3) is 0 Å². The zero-order valence-corrected chi connectivity index (χ0v) is 13.2. The van der Waals surface area contributed by atoms with Gasteiger partial charge < -0.3 is 5.11 Å². The summed E-state index contributed by atoms with van der Waals surface area (Å²) < 4.78 is 2.77. The number of hydrogen-bond donors (Lipinski definition) is 1. The molecule has 0 aliphatic heterocycles. The van der Waals surface area contributed by atoms with E-state index >= 15 is 0 Å². The first kappa shape index (κ1) is 14.6. The molecule has 0 saturated carbocycles. The number of rotatable bonds is 4. The third-order valence-corrected chi connectivity index (χ3v) is 3.69. The molecule has 2 aromatic rings. The van der Waals surface area contributed by atoms with E-state index in [0.717, 1.165) is 10.0 Å². The highest BCUT2D eigenvalue weighted by Gasteiger charge is 2.20. The van der Waals surface area contributed by atoms with Crippen LogP contribution < -0.4 is 0 Å². The van der Waals surface area contributed by atoms with E-state index in [1.54, 1.807) is 10.9 Å². The van der Waals surface area contributed by atoms with Crippen LogP contribution >= 0.6 is 27.5 Å². The van der Waals surface area contributed by atoms with E-state index in [1.807, 2.05) is 38.1 Å². The predicted molar refractivity (Wildman–Crippen MR) is 80.4 cm³/mol. The van der Waals surface area contributed by atoms with E-state index in [1.165, 1.54) is 0 Å². The predicted octanol–water partition coefficient (Wildman–Crippen LogP) is 4.16. The van der Waals surface area contributed by atoms with Crippen molar-refractivity contribution in [1.82, 2.24) is 9.78 Å². The van der Waals surface area contributed by atoms with Gasteiger partial charge in [-0.05, 0) is 31.5 Å². The molecule has 2 rings (SSSR count). The molecule has 0 fully saturated rings.